The van der Waals surface area contributed by atoms with E-state index in [-0.39, 0.29) is 23.4 Å². The Morgan fingerprint density at radius 3 is 2.29 bits per heavy atom. The van der Waals surface area contributed by atoms with Crippen molar-refractivity contribution in [1.29, 1.82) is 0 Å². The van der Waals surface area contributed by atoms with Gasteiger partial charge in [0.15, 0.2) is 11.6 Å². The van der Waals surface area contributed by atoms with E-state index in [1.807, 2.05) is 37.3 Å². The van der Waals surface area contributed by atoms with E-state index in [0.717, 1.165) is 43.2 Å². The maximum atomic E-state index is 15.0. The van der Waals surface area contributed by atoms with Gasteiger partial charge in [-0.25, -0.2) is 13.2 Å². The molecule has 0 N–H and O–H groups in total. The molecule has 2 unspecified atom stereocenters. The summed E-state index contributed by atoms with van der Waals surface area (Å²) in [6.07, 6.45) is 7.13. The highest BCUT2D eigenvalue weighted by Crippen LogP contribution is 2.34. The van der Waals surface area contributed by atoms with Gasteiger partial charge in [0, 0.05) is 11.5 Å². The molecule has 0 saturated carbocycles. The van der Waals surface area contributed by atoms with Crippen LogP contribution in [0.1, 0.15) is 56.1 Å². The van der Waals surface area contributed by atoms with Crippen LogP contribution in [0.5, 0.6) is 0 Å². The number of halogens is 3. The minimum atomic E-state index is -0.824. The zero-order valence-electron chi connectivity index (χ0n) is 19.6. The molecule has 4 rings (SSSR count). The largest absolute Gasteiger partial charge is 0.378 e. The minimum absolute atomic E-state index is 0.0601. The summed E-state index contributed by atoms with van der Waals surface area (Å²) in [5, 5.41) is 0. The zero-order valence-corrected chi connectivity index (χ0v) is 19.6. The maximum absolute atomic E-state index is 15.0. The van der Waals surface area contributed by atoms with Gasteiger partial charge in [-0.2, -0.15) is 0 Å². The Morgan fingerprint density at radius 2 is 1.65 bits per heavy atom. The van der Waals surface area contributed by atoms with Crippen molar-refractivity contribution < 1.29 is 17.9 Å². The van der Waals surface area contributed by atoms with Crippen molar-refractivity contribution in [1.82, 2.24) is 0 Å². The number of hydrogen-bond donors (Lipinski definition) is 0. The number of ether oxygens (including phenoxy) is 1. The Morgan fingerprint density at radius 1 is 0.912 bits per heavy atom. The van der Waals surface area contributed by atoms with Gasteiger partial charge in [0.05, 0.1) is 12.7 Å². The maximum Gasteiger partial charge on any atom is 0.166 e. The Kier molecular flexibility index (Phi) is 7.89. The fourth-order valence-corrected chi connectivity index (χ4v) is 4.74. The monoisotopic (exact) mass is 464 g/mol. The van der Waals surface area contributed by atoms with Crippen LogP contribution in [0, 0.1) is 17.5 Å². The molecule has 178 valence electrons. The second-order valence-corrected chi connectivity index (χ2v) is 9.06. The summed E-state index contributed by atoms with van der Waals surface area (Å²) in [4.78, 5) is 0. The number of aryl methyl sites for hydroxylation is 1. The van der Waals surface area contributed by atoms with Gasteiger partial charge < -0.3 is 4.74 Å². The number of rotatable bonds is 8. The molecule has 4 heteroatoms. The second-order valence-electron chi connectivity index (χ2n) is 9.06. The summed E-state index contributed by atoms with van der Waals surface area (Å²) in [7, 11) is 0. The van der Waals surface area contributed by atoms with Crippen molar-refractivity contribution >= 4 is 0 Å². The minimum Gasteiger partial charge on any atom is -0.378 e. The smallest absolute Gasteiger partial charge is 0.166 e. The molecule has 0 aromatic heterocycles. The molecule has 0 radical (unpaired) electrons. The highest BCUT2D eigenvalue weighted by Gasteiger charge is 2.24. The van der Waals surface area contributed by atoms with Gasteiger partial charge in [-0.05, 0) is 66.0 Å². The van der Waals surface area contributed by atoms with E-state index < -0.39 is 11.6 Å². The van der Waals surface area contributed by atoms with Gasteiger partial charge in [-0.3, -0.25) is 0 Å². The fraction of sp³-hybridized carbons (Fsp3) is 0.333. The average Bonchev–Trinajstić information content (AvgIpc) is 2.86. The molecule has 0 aliphatic carbocycles. The van der Waals surface area contributed by atoms with Crippen molar-refractivity contribution in [3.05, 3.63) is 95.8 Å². The van der Waals surface area contributed by atoms with Crippen LogP contribution in [0.4, 0.5) is 13.2 Å². The molecule has 1 fully saturated rings. The highest BCUT2D eigenvalue weighted by atomic mass is 19.2. The first-order valence-corrected chi connectivity index (χ1v) is 12.1. The predicted octanol–water partition coefficient (Wildman–Crippen LogP) is 8.62. The molecular weight excluding hydrogens is 433 g/mol. The molecule has 0 spiro atoms. The third kappa shape index (κ3) is 5.28. The summed E-state index contributed by atoms with van der Waals surface area (Å²) in [6.45, 7) is 6.22. The molecule has 1 saturated heterocycles. The fourth-order valence-electron chi connectivity index (χ4n) is 4.74. The molecule has 1 nitrogen and oxygen atoms in total. The lowest BCUT2D eigenvalue weighted by atomic mass is 9.89. The molecule has 0 bridgehead atoms. The van der Waals surface area contributed by atoms with Crippen molar-refractivity contribution in [2.45, 2.75) is 57.5 Å². The summed E-state index contributed by atoms with van der Waals surface area (Å²) in [5.74, 6) is -1.78. The van der Waals surface area contributed by atoms with E-state index in [2.05, 4.69) is 6.58 Å². The van der Waals surface area contributed by atoms with E-state index >= 15 is 4.39 Å². The summed E-state index contributed by atoms with van der Waals surface area (Å²) >= 11 is 0. The molecule has 1 aliphatic heterocycles. The van der Waals surface area contributed by atoms with E-state index in [0.29, 0.717) is 29.7 Å². The van der Waals surface area contributed by atoms with Gasteiger partial charge >= 0.3 is 0 Å². The molecule has 3 aromatic carbocycles. The van der Waals surface area contributed by atoms with Crippen molar-refractivity contribution in [3.63, 3.8) is 0 Å². The van der Waals surface area contributed by atoms with Gasteiger partial charge in [-0.15, -0.1) is 6.58 Å². The lowest BCUT2D eigenvalue weighted by Crippen LogP contribution is -2.25. The quantitative estimate of drug-likeness (QED) is 0.303. The first kappa shape index (κ1) is 24.3. The third-order valence-electron chi connectivity index (χ3n) is 6.71. The molecule has 2 atom stereocenters. The molecule has 1 heterocycles. The van der Waals surface area contributed by atoms with Crippen LogP contribution in [0.25, 0.3) is 22.3 Å². The van der Waals surface area contributed by atoms with Crippen LogP contribution in [0.3, 0.4) is 0 Å². The second kappa shape index (κ2) is 11.1. The van der Waals surface area contributed by atoms with Crippen LogP contribution in [-0.4, -0.2) is 12.7 Å². The van der Waals surface area contributed by atoms with Crippen LogP contribution in [-0.2, 0) is 11.2 Å². The molecule has 1 aliphatic rings. The number of hydrogen-bond acceptors (Lipinski definition) is 1. The Labute approximate surface area is 200 Å². The highest BCUT2D eigenvalue weighted by molar-refractivity contribution is 5.71. The van der Waals surface area contributed by atoms with Gasteiger partial charge in [0.25, 0.3) is 0 Å². The van der Waals surface area contributed by atoms with Crippen LogP contribution in [0.15, 0.2) is 67.3 Å². The van der Waals surface area contributed by atoms with E-state index in [1.165, 1.54) is 0 Å². The Hall–Kier alpha value is -2.85. The van der Waals surface area contributed by atoms with E-state index in [4.69, 9.17) is 4.74 Å². The van der Waals surface area contributed by atoms with E-state index in [1.54, 1.807) is 30.3 Å². The number of benzene rings is 3. The zero-order chi connectivity index (χ0) is 24.1. The Bertz CT molecular complexity index is 1130. The van der Waals surface area contributed by atoms with Crippen molar-refractivity contribution in [2.75, 3.05) is 6.61 Å². The van der Waals surface area contributed by atoms with Crippen molar-refractivity contribution in [3.8, 4) is 22.3 Å². The van der Waals surface area contributed by atoms with Crippen molar-refractivity contribution in [2.24, 2.45) is 0 Å². The molecule has 0 amide bonds. The van der Waals surface area contributed by atoms with Crippen LogP contribution < -0.4 is 0 Å². The Balaban J connectivity index is 1.48. The standard InChI is InChI=1S/C30H31F3O/c1-3-5-7-25-15-12-24(19-34-25)26-16-14-23(18-28(26)31)20-8-10-21(11-9-20)27-17-13-22(6-4-2)29(32)30(27)33/h3,8-11,13-14,16-18,24-25H,1,4-7,12,15,19H2,2H3. The van der Waals surface area contributed by atoms with Crippen LogP contribution >= 0.6 is 0 Å². The SMILES string of the molecule is C=CCCC1CCC(c2ccc(-c3ccc(-c4ccc(CCC)c(F)c4F)cc3)cc2F)CO1. The first-order chi connectivity index (χ1) is 16.5. The van der Waals surface area contributed by atoms with E-state index in [9.17, 15) is 8.78 Å². The summed E-state index contributed by atoms with van der Waals surface area (Å²) in [5.41, 5.74) is 3.47. The normalized spacial score (nSPS) is 18.1. The molecular formula is C30H31F3O. The summed E-state index contributed by atoms with van der Waals surface area (Å²) < 4.78 is 49.9. The predicted molar refractivity (Wildman–Crippen MR) is 132 cm³/mol. The van der Waals surface area contributed by atoms with Crippen LogP contribution in [0.2, 0.25) is 0 Å². The third-order valence-corrected chi connectivity index (χ3v) is 6.71. The molecule has 34 heavy (non-hydrogen) atoms. The van der Waals surface area contributed by atoms with Gasteiger partial charge in [-0.1, -0.05) is 68.0 Å². The lowest BCUT2D eigenvalue weighted by molar-refractivity contribution is -0.000784. The topological polar surface area (TPSA) is 9.23 Å². The van der Waals surface area contributed by atoms with Gasteiger partial charge in [0.2, 0.25) is 0 Å². The lowest BCUT2D eigenvalue weighted by Gasteiger charge is -2.29. The first-order valence-electron chi connectivity index (χ1n) is 12.1. The number of allylic oxidation sites excluding steroid dienone is 1. The van der Waals surface area contributed by atoms with Gasteiger partial charge in [0.1, 0.15) is 5.82 Å². The summed E-state index contributed by atoms with van der Waals surface area (Å²) in [6, 6.07) is 15.7. The molecule has 3 aromatic rings. The average molecular weight is 465 g/mol.